The molecule has 2 unspecified atom stereocenters. The van der Waals surface area contributed by atoms with Gasteiger partial charge in [0.05, 0.1) is 16.8 Å². The molecule has 126 valence electrons. The minimum absolute atomic E-state index is 0.0743. The second kappa shape index (κ2) is 5.78. The molecule has 0 saturated heterocycles. The Labute approximate surface area is 141 Å². The van der Waals surface area contributed by atoms with E-state index in [0.717, 1.165) is 6.07 Å². The molecule has 7 heteroatoms. The van der Waals surface area contributed by atoms with Gasteiger partial charge in [-0.05, 0) is 24.3 Å². The first-order valence-electron chi connectivity index (χ1n) is 7.59. The van der Waals surface area contributed by atoms with E-state index in [0.29, 0.717) is 17.3 Å². The number of dihydropyridines is 1. The van der Waals surface area contributed by atoms with Crippen LogP contribution < -0.4 is 0 Å². The Bertz CT molecular complexity index is 1030. The molecule has 3 aromatic rings. The Morgan fingerprint density at radius 3 is 2.80 bits per heavy atom. The van der Waals surface area contributed by atoms with Crippen LogP contribution in [0.25, 0.3) is 16.9 Å². The van der Waals surface area contributed by atoms with Gasteiger partial charge < -0.3 is 10.2 Å². The fraction of sp³-hybridized carbons (Fsp3) is 0.111. The zero-order valence-corrected chi connectivity index (χ0v) is 12.8. The first-order valence-corrected chi connectivity index (χ1v) is 7.59. The molecule has 0 saturated carbocycles. The van der Waals surface area contributed by atoms with Crippen LogP contribution in [0.1, 0.15) is 11.7 Å². The highest BCUT2D eigenvalue weighted by Gasteiger charge is 2.27. The van der Waals surface area contributed by atoms with Crippen molar-refractivity contribution < 1.29 is 19.0 Å². The van der Waals surface area contributed by atoms with Gasteiger partial charge in [-0.2, -0.15) is 0 Å². The van der Waals surface area contributed by atoms with Gasteiger partial charge in [0.2, 0.25) is 0 Å². The molecule has 2 atom stereocenters. The van der Waals surface area contributed by atoms with Crippen molar-refractivity contribution in [3.63, 3.8) is 0 Å². The van der Waals surface area contributed by atoms with Gasteiger partial charge in [0.25, 0.3) is 0 Å². The predicted octanol–water partition coefficient (Wildman–Crippen LogP) is 3.03. The van der Waals surface area contributed by atoms with Gasteiger partial charge in [-0.3, -0.25) is 9.39 Å². The third-order valence-corrected chi connectivity index (χ3v) is 4.09. The van der Waals surface area contributed by atoms with E-state index in [2.05, 4.69) is 9.98 Å². The monoisotopic (exact) mass is 341 g/mol. The summed E-state index contributed by atoms with van der Waals surface area (Å²) in [6.45, 7) is 0. The van der Waals surface area contributed by atoms with Gasteiger partial charge in [0.1, 0.15) is 23.8 Å². The van der Waals surface area contributed by atoms with Crippen LogP contribution in [-0.4, -0.2) is 31.9 Å². The van der Waals surface area contributed by atoms with Crippen molar-refractivity contribution in [3.05, 3.63) is 66.0 Å². The predicted molar refractivity (Wildman–Crippen MR) is 88.6 cm³/mol. The van der Waals surface area contributed by atoms with Crippen molar-refractivity contribution in [3.8, 4) is 17.1 Å². The lowest BCUT2D eigenvalue weighted by molar-refractivity contribution is 0.191. The number of aromatic nitrogens is 2. The number of imidazole rings is 1. The number of halogens is 2. The van der Waals surface area contributed by atoms with E-state index < -0.39 is 29.5 Å². The first kappa shape index (κ1) is 15.5. The average Bonchev–Trinajstić information content (AvgIpc) is 2.98. The Kier molecular flexibility index (Phi) is 3.58. The topological polar surface area (TPSA) is 70.1 Å². The zero-order chi connectivity index (χ0) is 17.6. The molecule has 2 aromatic heterocycles. The second-order valence-electron chi connectivity index (χ2n) is 5.68. The Morgan fingerprint density at radius 2 is 2.00 bits per heavy atom. The van der Waals surface area contributed by atoms with Gasteiger partial charge in [-0.15, -0.1) is 0 Å². The van der Waals surface area contributed by atoms with Gasteiger partial charge in [-0.25, -0.2) is 13.8 Å². The lowest BCUT2D eigenvalue weighted by atomic mass is 10.0. The number of phenolic OH excluding ortho intramolecular Hbond substituents is 1. The van der Waals surface area contributed by atoms with E-state index in [1.165, 1.54) is 0 Å². The van der Waals surface area contributed by atoms with Crippen LogP contribution in [0, 0.1) is 11.6 Å². The van der Waals surface area contributed by atoms with Crippen LogP contribution in [0.3, 0.4) is 0 Å². The quantitative estimate of drug-likeness (QED) is 0.753. The number of pyridine rings is 1. The molecule has 0 aliphatic carbocycles. The van der Waals surface area contributed by atoms with Crippen LogP contribution in [0.15, 0.2) is 53.7 Å². The first-order chi connectivity index (χ1) is 12.1. The Balaban J connectivity index is 1.98. The summed E-state index contributed by atoms with van der Waals surface area (Å²) in [7, 11) is 0. The number of hydrogen-bond acceptors (Lipinski definition) is 4. The maximum absolute atomic E-state index is 13.7. The van der Waals surface area contributed by atoms with Crippen LogP contribution in [-0.2, 0) is 0 Å². The lowest BCUT2D eigenvalue weighted by Crippen LogP contribution is -2.17. The number of hydrogen-bond donors (Lipinski definition) is 2. The van der Waals surface area contributed by atoms with Crippen LogP contribution in [0.2, 0.25) is 0 Å². The molecule has 1 aliphatic rings. The van der Waals surface area contributed by atoms with E-state index in [4.69, 9.17) is 0 Å². The summed E-state index contributed by atoms with van der Waals surface area (Å²) < 4.78 is 29.0. The molecule has 1 aliphatic heterocycles. The third-order valence-electron chi connectivity index (χ3n) is 4.09. The maximum atomic E-state index is 13.7. The van der Waals surface area contributed by atoms with E-state index in [-0.39, 0.29) is 11.4 Å². The van der Waals surface area contributed by atoms with Crippen molar-refractivity contribution in [2.45, 2.75) is 12.1 Å². The molecule has 5 nitrogen and oxygen atoms in total. The largest absolute Gasteiger partial charge is 0.504 e. The van der Waals surface area contributed by atoms with E-state index in [1.807, 2.05) is 0 Å². The van der Waals surface area contributed by atoms with Crippen molar-refractivity contribution in [2.75, 3.05) is 0 Å². The van der Waals surface area contributed by atoms with Crippen LogP contribution in [0.4, 0.5) is 8.78 Å². The number of phenols is 1. The number of rotatable bonds is 2. The summed E-state index contributed by atoms with van der Waals surface area (Å²) in [6.07, 6.45) is 5.58. The standard InChI is InChI=1S/C18H13F2N3O2/c19-10-8-11(17(25)12(20)9-10)18-22-15(13-4-1-2-7-23(13)18)16-14(24)5-3-6-21-16/h1-9,14,16,24-25H. The minimum Gasteiger partial charge on any atom is -0.504 e. The van der Waals surface area contributed by atoms with Gasteiger partial charge in [-0.1, -0.05) is 12.1 Å². The summed E-state index contributed by atoms with van der Waals surface area (Å²) >= 11 is 0. The lowest BCUT2D eigenvalue weighted by Gasteiger charge is -2.16. The number of nitrogens with zero attached hydrogens (tertiary/aromatic N) is 3. The summed E-state index contributed by atoms with van der Waals surface area (Å²) in [4.78, 5) is 8.69. The van der Waals surface area contributed by atoms with Gasteiger partial charge in [0, 0.05) is 18.5 Å². The summed E-state index contributed by atoms with van der Waals surface area (Å²) in [5.41, 5.74) is 1.00. The average molecular weight is 341 g/mol. The highest BCUT2D eigenvalue weighted by atomic mass is 19.1. The molecule has 4 rings (SSSR count). The maximum Gasteiger partial charge on any atom is 0.168 e. The van der Waals surface area contributed by atoms with E-state index in [1.54, 1.807) is 47.2 Å². The fourth-order valence-corrected chi connectivity index (χ4v) is 2.94. The van der Waals surface area contributed by atoms with Crippen molar-refractivity contribution in [1.29, 1.82) is 0 Å². The second-order valence-corrected chi connectivity index (χ2v) is 5.68. The number of aromatic hydroxyl groups is 1. The van der Waals surface area contributed by atoms with Crippen LogP contribution >= 0.6 is 0 Å². The molecule has 1 aromatic carbocycles. The Hall–Kier alpha value is -3.06. The SMILES string of the molecule is Oc1c(F)cc(F)cc1-c1nc(C2N=CC=CC2O)c2ccccn12. The minimum atomic E-state index is -1.07. The van der Waals surface area contributed by atoms with Gasteiger partial charge >= 0.3 is 0 Å². The number of aliphatic hydroxyl groups excluding tert-OH is 1. The number of fused-ring (bicyclic) bond motifs is 1. The normalized spacial score (nSPS) is 19.6. The van der Waals surface area contributed by atoms with Crippen LogP contribution in [0.5, 0.6) is 5.75 Å². The molecule has 25 heavy (non-hydrogen) atoms. The fourth-order valence-electron chi connectivity index (χ4n) is 2.94. The molecule has 0 spiro atoms. The summed E-state index contributed by atoms with van der Waals surface area (Å²) in [6, 6.07) is 6.26. The number of aliphatic hydroxyl groups is 1. The molecular weight excluding hydrogens is 328 g/mol. The molecular formula is C18H13F2N3O2. The molecule has 0 amide bonds. The zero-order valence-electron chi connectivity index (χ0n) is 12.8. The number of allylic oxidation sites excluding steroid dienone is 1. The summed E-state index contributed by atoms with van der Waals surface area (Å²) in [5.74, 6) is -2.41. The smallest absolute Gasteiger partial charge is 0.168 e. The van der Waals surface area contributed by atoms with Crippen molar-refractivity contribution in [2.24, 2.45) is 4.99 Å². The number of benzene rings is 1. The van der Waals surface area contributed by atoms with Crippen molar-refractivity contribution >= 4 is 11.7 Å². The molecule has 2 N–H and O–H groups in total. The molecule has 0 fully saturated rings. The van der Waals surface area contributed by atoms with Crippen molar-refractivity contribution in [1.82, 2.24) is 9.38 Å². The highest BCUT2D eigenvalue weighted by molar-refractivity contribution is 5.75. The van der Waals surface area contributed by atoms with E-state index >= 15 is 0 Å². The molecule has 0 radical (unpaired) electrons. The number of aliphatic imine (C=N–C) groups is 1. The van der Waals surface area contributed by atoms with E-state index in [9.17, 15) is 19.0 Å². The summed E-state index contributed by atoms with van der Waals surface area (Å²) in [5, 5.41) is 20.2. The van der Waals surface area contributed by atoms with Gasteiger partial charge in [0.15, 0.2) is 11.6 Å². The molecule has 0 bridgehead atoms. The molecule has 3 heterocycles. The highest BCUT2D eigenvalue weighted by Crippen LogP contribution is 2.36. The third kappa shape index (κ3) is 2.49. The Morgan fingerprint density at radius 1 is 1.16 bits per heavy atom.